The number of nitrogens with zero attached hydrogens (tertiary/aromatic N) is 3. The first kappa shape index (κ1) is 15.2. The van der Waals surface area contributed by atoms with Gasteiger partial charge in [0.25, 0.3) is 0 Å². The second-order valence-electron chi connectivity index (χ2n) is 4.40. The summed E-state index contributed by atoms with van der Waals surface area (Å²) in [5, 5.41) is 9.99. The molecule has 0 saturated carbocycles. The minimum atomic E-state index is 0.402. The molecule has 2 rings (SSSR count). The lowest BCUT2D eigenvalue weighted by Crippen LogP contribution is -2.04. The van der Waals surface area contributed by atoms with Gasteiger partial charge in [-0.2, -0.15) is 0 Å². The van der Waals surface area contributed by atoms with Crippen molar-refractivity contribution in [2.24, 2.45) is 7.05 Å². The van der Waals surface area contributed by atoms with Gasteiger partial charge in [0.2, 0.25) is 0 Å². The van der Waals surface area contributed by atoms with Crippen LogP contribution in [0.25, 0.3) is 0 Å². The molecular formula is C14H18ClN3OS. The number of hydrogen-bond donors (Lipinski definition) is 0. The molecule has 1 heterocycles. The number of ether oxygens (including phenoxy) is 1. The molecule has 108 valence electrons. The zero-order valence-electron chi connectivity index (χ0n) is 11.7. The maximum absolute atomic E-state index is 5.83. The summed E-state index contributed by atoms with van der Waals surface area (Å²) in [6, 6.07) is 7.30. The van der Waals surface area contributed by atoms with Crippen LogP contribution in [-0.4, -0.2) is 20.5 Å². The Hall–Kier alpha value is -1.20. The third-order valence-electron chi connectivity index (χ3n) is 2.84. The van der Waals surface area contributed by atoms with Gasteiger partial charge in [-0.15, -0.1) is 10.2 Å². The molecule has 4 nitrogen and oxygen atoms in total. The Balaban J connectivity index is 1.91. The largest absolute Gasteiger partial charge is 0.486 e. The SMILES string of the molecule is CCCCSc1nnc(COc2ccc(Cl)cc2)n1C. The van der Waals surface area contributed by atoms with Gasteiger partial charge < -0.3 is 9.30 Å². The van der Waals surface area contributed by atoms with Gasteiger partial charge in [-0.25, -0.2) is 0 Å². The molecule has 1 aromatic carbocycles. The normalized spacial score (nSPS) is 10.8. The van der Waals surface area contributed by atoms with Crippen LogP contribution < -0.4 is 4.74 Å². The number of aromatic nitrogens is 3. The summed E-state index contributed by atoms with van der Waals surface area (Å²) in [5.41, 5.74) is 0. The summed E-state index contributed by atoms with van der Waals surface area (Å²) in [6.45, 7) is 2.59. The summed E-state index contributed by atoms with van der Waals surface area (Å²) in [5.74, 6) is 2.66. The highest BCUT2D eigenvalue weighted by molar-refractivity contribution is 7.99. The van der Waals surface area contributed by atoms with Crippen LogP contribution in [0.4, 0.5) is 0 Å². The first-order valence-corrected chi connectivity index (χ1v) is 7.96. The van der Waals surface area contributed by atoms with Crippen LogP contribution in [0.15, 0.2) is 29.4 Å². The van der Waals surface area contributed by atoms with E-state index in [1.165, 1.54) is 12.8 Å². The molecule has 20 heavy (non-hydrogen) atoms. The molecule has 0 fully saturated rings. The van der Waals surface area contributed by atoms with E-state index in [9.17, 15) is 0 Å². The molecule has 0 N–H and O–H groups in total. The minimum Gasteiger partial charge on any atom is -0.486 e. The van der Waals surface area contributed by atoms with Crippen molar-refractivity contribution in [2.75, 3.05) is 5.75 Å². The van der Waals surface area contributed by atoms with Gasteiger partial charge in [-0.1, -0.05) is 36.7 Å². The zero-order valence-corrected chi connectivity index (χ0v) is 13.2. The Morgan fingerprint density at radius 2 is 2.00 bits per heavy atom. The highest BCUT2D eigenvalue weighted by atomic mass is 35.5. The van der Waals surface area contributed by atoms with E-state index in [1.54, 1.807) is 23.9 Å². The van der Waals surface area contributed by atoms with E-state index in [4.69, 9.17) is 16.3 Å². The van der Waals surface area contributed by atoms with Crippen LogP contribution in [0.3, 0.4) is 0 Å². The average Bonchev–Trinajstić information content (AvgIpc) is 2.80. The van der Waals surface area contributed by atoms with Gasteiger partial charge in [0, 0.05) is 17.8 Å². The summed E-state index contributed by atoms with van der Waals surface area (Å²) >= 11 is 7.57. The van der Waals surface area contributed by atoms with Crippen molar-refractivity contribution in [2.45, 2.75) is 31.5 Å². The van der Waals surface area contributed by atoms with Crippen molar-refractivity contribution in [3.63, 3.8) is 0 Å². The molecule has 0 spiro atoms. The van der Waals surface area contributed by atoms with Crippen LogP contribution in [0.5, 0.6) is 5.75 Å². The molecule has 0 radical (unpaired) electrons. The first-order valence-electron chi connectivity index (χ1n) is 6.60. The van der Waals surface area contributed by atoms with Crippen LogP contribution in [-0.2, 0) is 13.7 Å². The Labute approximate surface area is 128 Å². The van der Waals surface area contributed by atoms with Crippen LogP contribution >= 0.6 is 23.4 Å². The van der Waals surface area contributed by atoms with Crippen molar-refractivity contribution >= 4 is 23.4 Å². The predicted octanol–water partition coefficient (Wildman–Crippen LogP) is 3.94. The Bertz CT molecular complexity index is 542. The molecule has 6 heteroatoms. The molecule has 0 unspecified atom stereocenters. The number of benzene rings is 1. The molecular weight excluding hydrogens is 294 g/mol. The lowest BCUT2D eigenvalue weighted by molar-refractivity contribution is 0.290. The molecule has 0 aliphatic rings. The van der Waals surface area contributed by atoms with E-state index in [-0.39, 0.29) is 0 Å². The summed E-state index contributed by atoms with van der Waals surface area (Å²) in [6.07, 6.45) is 2.38. The third-order valence-corrected chi connectivity index (χ3v) is 4.19. The first-order chi connectivity index (χ1) is 9.70. The van der Waals surface area contributed by atoms with Gasteiger partial charge in [-0.05, 0) is 30.7 Å². The van der Waals surface area contributed by atoms with E-state index in [0.29, 0.717) is 11.6 Å². The second kappa shape index (κ2) is 7.55. The van der Waals surface area contributed by atoms with E-state index in [1.807, 2.05) is 23.7 Å². The van der Waals surface area contributed by atoms with Gasteiger partial charge in [0.05, 0.1) is 0 Å². The summed E-state index contributed by atoms with van der Waals surface area (Å²) in [7, 11) is 1.97. The van der Waals surface area contributed by atoms with Crippen molar-refractivity contribution in [3.8, 4) is 5.75 Å². The molecule has 0 aliphatic heterocycles. The van der Waals surface area contributed by atoms with Crippen LogP contribution in [0.2, 0.25) is 5.02 Å². The topological polar surface area (TPSA) is 39.9 Å². The molecule has 0 saturated heterocycles. The Morgan fingerprint density at radius 1 is 1.25 bits per heavy atom. The van der Waals surface area contributed by atoms with Gasteiger partial charge in [0.1, 0.15) is 12.4 Å². The number of halogens is 1. The molecule has 0 bridgehead atoms. The number of rotatable bonds is 7. The maximum Gasteiger partial charge on any atom is 0.191 e. The van der Waals surface area contributed by atoms with Crippen molar-refractivity contribution in [1.82, 2.24) is 14.8 Å². The molecule has 1 aromatic heterocycles. The molecule has 0 atom stereocenters. The van der Waals surface area contributed by atoms with E-state index >= 15 is 0 Å². The Morgan fingerprint density at radius 3 is 2.70 bits per heavy atom. The second-order valence-corrected chi connectivity index (χ2v) is 5.90. The van der Waals surface area contributed by atoms with Crippen LogP contribution in [0.1, 0.15) is 25.6 Å². The quantitative estimate of drug-likeness (QED) is 0.573. The summed E-state index contributed by atoms with van der Waals surface area (Å²) < 4.78 is 7.66. The molecule has 0 aliphatic carbocycles. The van der Waals surface area contributed by atoms with Crippen molar-refractivity contribution in [3.05, 3.63) is 35.1 Å². The maximum atomic E-state index is 5.83. The predicted molar refractivity (Wildman–Crippen MR) is 82.4 cm³/mol. The highest BCUT2D eigenvalue weighted by Gasteiger charge is 2.09. The average molecular weight is 312 g/mol. The highest BCUT2D eigenvalue weighted by Crippen LogP contribution is 2.19. The van der Waals surface area contributed by atoms with Crippen LogP contribution in [0, 0.1) is 0 Å². The fourth-order valence-electron chi connectivity index (χ4n) is 1.58. The fourth-order valence-corrected chi connectivity index (χ4v) is 2.72. The van der Waals surface area contributed by atoms with Gasteiger partial charge >= 0.3 is 0 Å². The zero-order chi connectivity index (χ0) is 14.4. The van der Waals surface area contributed by atoms with Gasteiger partial charge in [-0.3, -0.25) is 0 Å². The third kappa shape index (κ3) is 4.15. The van der Waals surface area contributed by atoms with E-state index in [0.717, 1.165) is 22.5 Å². The van der Waals surface area contributed by atoms with E-state index in [2.05, 4.69) is 17.1 Å². The standard InChI is InChI=1S/C14H18ClN3OS/c1-3-4-9-20-14-17-16-13(18(14)2)10-19-12-7-5-11(15)6-8-12/h5-8H,3-4,9-10H2,1-2H3. The van der Waals surface area contributed by atoms with Gasteiger partial charge in [0.15, 0.2) is 11.0 Å². The minimum absolute atomic E-state index is 0.402. The molecule has 2 aromatic rings. The van der Waals surface area contributed by atoms with Crippen molar-refractivity contribution in [1.29, 1.82) is 0 Å². The number of hydrogen-bond acceptors (Lipinski definition) is 4. The number of thioether (sulfide) groups is 1. The fraction of sp³-hybridized carbons (Fsp3) is 0.429. The lowest BCUT2D eigenvalue weighted by Gasteiger charge is -2.06. The van der Waals surface area contributed by atoms with E-state index < -0.39 is 0 Å². The van der Waals surface area contributed by atoms with Crippen molar-refractivity contribution < 1.29 is 4.74 Å². The Kier molecular flexibility index (Phi) is 5.73. The number of unbranched alkanes of at least 4 members (excludes halogenated alkanes) is 1. The monoisotopic (exact) mass is 311 g/mol. The lowest BCUT2D eigenvalue weighted by atomic mass is 10.3. The molecule has 0 amide bonds. The summed E-state index contributed by atoms with van der Waals surface area (Å²) in [4.78, 5) is 0. The smallest absolute Gasteiger partial charge is 0.191 e.